The smallest absolute Gasteiger partial charge is 0.495 e. The highest BCUT2D eigenvalue weighted by atomic mass is 19.4. The fourth-order valence-corrected chi connectivity index (χ4v) is 2.81. The zero-order valence-electron chi connectivity index (χ0n) is 17.4. The van der Waals surface area contributed by atoms with Crippen molar-refractivity contribution in [2.24, 2.45) is 0 Å². The van der Waals surface area contributed by atoms with Crippen LogP contribution in [0.1, 0.15) is 10.4 Å². The lowest BCUT2D eigenvalue weighted by Gasteiger charge is -2.11. The number of carbonyl (C=O) groups excluding carboxylic acids is 2. The average molecular weight is 459 g/mol. The second-order valence-corrected chi connectivity index (χ2v) is 6.71. The zero-order valence-corrected chi connectivity index (χ0v) is 17.4. The van der Waals surface area contributed by atoms with Crippen molar-refractivity contribution in [2.75, 3.05) is 29.6 Å². The molecule has 3 aromatic rings. The summed E-state index contributed by atoms with van der Waals surface area (Å²) >= 11 is 0. The van der Waals surface area contributed by atoms with Crippen LogP contribution >= 0.6 is 0 Å². The highest BCUT2D eigenvalue weighted by molar-refractivity contribution is 6.05. The van der Waals surface area contributed by atoms with Gasteiger partial charge in [-0.1, -0.05) is 12.1 Å². The van der Waals surface area contributed by atoms with Crippen molar-refractivity contribution in [1.29, 1.82) is 0 Å². The van der Waals surface area contributed by atoms with E-state index in [1.807, 2.05) is 0 Å². The van der Waals surface area contributed by atoms with Crippen LogP contribution in [0.15, 0.2) is 72.8 Å². The number of amides is 2. The van der Waals surface area contributed by atoms with Crippen molar-refractivity contribution in [3.8, 4) is 11.5 Å². The molecule has 10 heteroatoms. The van der Waals surface area contributed by atoms with E-state index in [4.69, 9.17) is 4.74 Å². The second-order valence-electron chi connectivity index (χ2n) is 6.71. The van der Waals surface area contributed by atoms with Gasteiger partial charge in [0.25, 0.3) is 5.91 Å². The van der Waals surface area contributed by atoms with Gasteiger partial charge in [0, 0.05) is 16.9 Å². The Morgan fingerprint density at radius 2 is 1.48 bits per heavy atom. The van der Waals surface area contributed by atoms with E-state index in [-0.39, 0.29) is 24.1 Å². The third-order valence-electron chi connectivity index (χ3n) is 4.33. The number of hydrogen-bond acceptors (Lipinski definition) is 5. The first-order valence-electron chi connectivity index (χ1n) is 9.67. The zero-order chi connectivity index (χ0) is 23.8. The molecule has 0 saturated carbocycles. The van der Waals surface area contributed by atoms with Crippen LogP contribution in [0.5, 0.6) is 11.5 Å². The molecule has 3 aromatic carbocycles. The van der Waals surface area contributed by atoms with E-state index in [1.165, 1.54) is 19.2 Å². The first-order valence-corrected chi connectivity index (χ1v) is 9.67. The normalized spacial score (nSPS) is 10.8. The van der Waals surface area contributed by atoms with E-state index in [9.17, 15) is 22.8 Å². The van der Waals surface area contributed by atoms with E-state index in [0.29, 0.717) is 28.4 Å². The van der Waals surface area contributed by atoms with Gasteiger partial charge in [0.2, 0.25) is 5.91 Å². The van der Waals surface area contributed by atoms with Crippen molar-refractivity contribution >= 4 is 28.9 Å². The van der Waals surface area contributed by atoms with Gasteiger partial charge in [-0.15, -0.1) is 13.2 Å². The maximum Gasteiger partial charge on any atom is 0.573 e. The van der Waals surface area contributed by atoms with E-state index in [2.05, 4.69) is 20.7 Å². The molecule has 3 rings (SSSR count). The maximum absolute atomic E-state index is 12.4. The quantitative estimate of drug-likeness (QED) is 0.446. The van der Waals surface area contributed by atoms with Gasteiger partial charge in [-0.25, -0.2) is 0 Å². The molecule has 0 radical (unpaired) electrons. The van der Waals surface area contributed by atoms with Crippen molar-refractivity contribution in [1.82, 2.24) is 0 Å². The number of alkyl halides is 3. The molecule has 3 N–H and O–H groups in total. The number of methoxy groups -OCH3 is 1. The minimum atomic E-state index is -4.76. The maximum atomic E-state index is 12.4. The number of rotatable bonds is 8. The fraction of sp³-hybridized carbons (Fsp3) is 0.130. The number of carbonyl (C=O) groups is 2. The minimum Gasteiger partial charge on any atom is -0.495 e. The van der Waals surface area contributed by atoms with Gasteiger partial charge < -0.3 is 25.4 Å². The molecule has 0 heterocycles. The summed E-state index contributed by atoms with van der Waals surface area (Å²) in [4.78, 5) is 24.6. The van der Waals surface area contributed by atoms with Crippen molar-refractivity contribution in [3.63, 3.8) is 0 Å². The fourth-order valence-electron chi connectivity index (χ4n) is 2.81. The Morgan fingerprint density at radius 1 is 0.848 bits per heavy atom. The van der Waals surface area contributed by atoms with Gasteiger partial charge in [0.05, 0.1) is 19.3 Å². The van der Waals surface area contributed by atoms with Gasteiger partial charge in [-0.2, -0.15) is 0 Å². The number of para-hydroxylation sites is 2. The second kappa shape index (κ2) is 10.4. The van der Waals surface area contributed by atoms with Gasteiger partial charge in [0.1, 0.15) is 11.5 Å². The predicted molar refractivity (Wildman–Crippen MR) is 118 cm³/mol. The molecule has 0 aliphatic rings. The van der Waals surface area contributed by atoms with Crippen molar-refractivity contribution in [3.05, 3.63) is 78.4 Å². The molecular formula is C23H20F3N3O4. The standard InChI is InChI=1S/C23H20F3N3O4/c1-32-20-5-3-2-4-19(20)29-22(31)15-6-8-17(9-7-15)28-21(30)14-27-16-10-12-18(13-11-16)33-23(24,25)26/h2-13,27H,14H2,1H3,(H,28,30)(H,29,31). The molecule has 0 bridgehead atoms. The lowest BCUT2D eigenvalue weighted by molar-refractivity contribution is -0.274. The Kier molecular flexibility index (Phi) is 7.39. The van der Waals surface area contributed by atoms with Gasteiger partial charge in [0.15, 0.2) is 0 Å². The van der Waals surface area contributed by atoms with Crippen molar-refractivity contribution in [2.45, 2.75) is 6.36 Å². The third kappa shape index (κ3) is 7.17. The topological polar surface area (TPSA) is 88.7 Å². The lowest BCUT2D eigenvalue weighted by atomic mass is 10.2. The summed E-state index contributed by atoms with van der Waals surface area (Å²) in [5, 5.41) is 8.22. The Balaban J connectivity index is 1.50. The van der Waals surface area contributed by atoms with E-state index in [1.54, 1.807) is 48.5 Å². The van der Waals surface area contributed by atoms with Crippen LogP contribution in [0.3, 0.4) is 0 Å². The number of halogens is 3. The Labute approximate surface area is 187 Å². The van der Waals surface area contributed by atoms with Gasteiger partial charge in [-0.05, 0) is 60.7 Å². The van der Waals surface area contributed by atoms with Crippen molar-refractivity contribution < 1.29 is 32.2 Å². The summed E-state index contributed by atoms with van der Waals surface area (Å²) in [6.07, 6.45) is -4.76. The summed E-state index contributed by atoms with van der Waals surface area (Å²) in [6, 6.07) is 18.3. The van der Waals surface area contributed by atoms with Crippen LogP contribution in [0, 0.1) is 0 Å². The van der Waals surface area contributed by atoms with E-state index in [0.717, 1.165) is 12.1 Å². The number of benzene rings is 3. The molecule has 0 aliphatic carbocycles. The molecule has 0 fully saturated rings. The molecule has 0 saturated heterocycles. The summed E-state index contributed by atoms with van der Waals surface area (Å²) < 4.78 is 45.5. The third-order valence-corrected chi connectivity index (χ3v) is 4.33. The molecule has 7 nitrogen and oxygen atoms in total. The lowest BCUT2D eigenvalue weighted by Crippen LogP contribution is -2.22. The molecule has 0 aliphatic heterocycles. The van der Waals surface area contributed by atoms with E-state index < -0.39 is 6.36 Å². The van der Waals surface area contributed by atoms with Gasteiger partial charge in [-0.3, -0.25) is 9.59 Å². The number of ether oxygens (including phenoxy) is 2. The monoisotopic (exact) mass is 459 g/mol. The summed E-state index contributed by atoms with van der Waals surface area (Å²) in [5.74, 6) is -0.536. The van der Waals surface area contributed by atoms with Crippen LogP contribution in [-0.4, -0.2) is 31.8 Å². The molecule has 0 atom stereocenters. The Bertz CT molecular complexity index is 1100. The highest BCUT2D eigenvalue weighted by Crippen LogP contribution is 2.25. The van der Waals surface area contributed by atoms with Crippen LogP contribution in [-0.2, 0) is 4.79 Å². The Morgan fingerprint density at radius 3 is 2.12 bits per heavy atom. The summed E-state index contributed by atoms with van der Waals surface area (Å²) in [6.45, 7) is -0.116. The minimum absolute atomic E-state index is 0.116. The molecule has 0 spiro atoms. The molecule has 0 aromatic heterocycles. The number of hydrogen-bond donors (Lipinski definition) is 3. The first kappa shape index (κ1) is 23.5. The van der Waals surface area contributed by atoms with Gasteiger partial charge >= 0.3 is 6.36 Å². The average Bonchev–Trinajstić information content (AvgIpc) is 2.78. The molecule has 2 amide bonds. The molecular weight excluding hydrogens is 439 g/mol. The van der Waals surface area contributed by atoms with Crippen LogP contribution in [0.4, 0.5) is 30.2 Å². The summed E-state index contributed by atoms with van der Waals surface area (Å²) in [5.41, 5.74) is 1.84. The highest BCUT2D eigenvalue weighted by Gasteiger charge is 2.30. The van der Waals surface area contributed by atoms with E-state index >= 15 is 0 Å². The largest absolute Gasteiger partial charge is 0.573 e. The SMILES string of the molecule is COc1ccccc1NC(=O)c1ccc(NC(=O)CNc2ccc(OC(F)(F)F)cc2)cc1. The Hall–Kier alpha value is -4.21. The van der Waals surface area contributed by atoms with Crippen LogP contribution < -0.4 is 25.4 Å². The number of nitrogens with one attached hydrogen (secondary N) is 3. The molecule has 172 valence electrons. The number of anilines is 3. The first-order chi connectivity index (χ1) is 15.7. The van der Waals surface area contributed by atoms with Crippen LogP contribution in [0.25, 0.3) is 0 Å². The summed E-state index contributed by atoms with van der Waals surface area (Å²) in [7, 11) is 1.51. The molecule has 33 heavy (non-hydrogen) atoms. The predicted octanol–water partition coefficient (Wildman–Crippen LogP) is 4.90. The van der Waals surface area contributed by atoms with Crippen LogP contribution in [0.2, 0.25) is 0 Å². The molecule has 0 unspecified atom stereocenters.